The van der Waals surface area contributed by atoms with Gasteiger partial charge in [0.2, 0.25) is 5.95 Å². The SMILES string of the molecule is Cc1cc(C)nc(N2CCc3ccc(C(=O)O)cc3C2)n1. The summed E-state index contributed by atoms with van der Waals surface area (Å²) in [7, 11) is 0. The summed E-state index contributed by atoms with van der Waals surface area (Å²) < 4.78 is 0. The van der Waals surface area contributed by atoms with E-state index in [1.807, 2.05) is 26.0 Å². The van der Waals surface area contributed by atoms with Crippen LogP contribution in [0.5, 0.6) is 0 Å². The third-order valence-corrected chi connectivity index (χ3v) is 3.72. The molecule has 1 N–H and O–H groups in total. The highest BCUT2D eigenvalue weighted by atomic mass is 16.4. The molecule has 0 radical (unpaired) electrons. The Labute approximate surface area is 123 Å². The third-order valence-electron chi connectivity index (χ3n) is 3.72. The molecule has 0 unspecified atom stereocenters. The molecule has 2 heterocycles. The molecule has 1 aromatic carbocycles. The molecule has 0 atom stereocenters. The second kappa shape index (κ2) is 5.16. The van der Waals surface area contributed by atoms with Crippen LogP contribution in [0.25, 0.3) is 0 Å². The molecule has 1 aromatic heterocycles. The lowest BCUT2D eigenvalue weighted by atomic mass is 9.97. The number of hydrogen-bond donors (Lipinski definition) is 1. The van der Waals surface area contributed by atoms with Crippen molar-refractivity contribution >= 4 is 11.9 Å². The van der Waals surface area contributed by atoms with E-state index in [1.165, 1.54) is 5.56 Å². The molecule has 3 rings (SSSR count). The molecule has 0 spiro atoms. The van der Waals surface area contributed by atoms with Crippen LogP contribution in [-0.4, -0.2) is 27.6 Å². The molecule has 0 amide bonds. The van der Waals surface area contributed by atoms with Crippen molar-refractivity contribution < 1.29 is 9.90 Å². The van der Waals surface area contributed by atoms with E-state index in [9.17, 15) is 4.79 Å². The minimum absolute atomic E-state index is 0.331. The summed E-state index contributed by atoms with van der Waals surface area (Å²) in [5.74, 6) is -0.170. The number of nitrogens with zero attached hydrogens (tertiary/aromatic N) is 3. The molecule has 0 bridgehead atoms. The van der Waals surface area contributed by atoms with Crippen LogP contribution in [0.3, 0.4) is 0 Å². The first-order chi connectivity index (χ1) is 10.0. The Morgan fingerprint density at radius 2 is 1.86 bits per heavy atom. The second-order valence-electron chi connectivity index (χ2n) is 5.41. The van der Waals surface area contributed by atoms with Gasteiger partial charge < -0.3 is 10.0 Å². The van der Waals surface area contributed by atoms with Gasteiger partial charge in [-0.15, -0.1) is 0 Å². The van der Waals surface area contributed by atoms with Crippen LogP contribution in [0.2, 0.25) is 0 Å². The smallest absolute Gasteiger partial charge is 0.335 e. The lowest BCUT2D eigenvalue weighted by molar-refractivity contribution is 0.0696. The fourth-order valence-corrected chi connectivity index (χ4v) is 2.71. The van der Waals surface area contributed by atoms with Crippen LogP contribution in [0.1, 0.15) is 32.9 Å². The number of benzene rings is 1. The van der Waals surface area contributed by atoms with Crippen LogP contribution in [0, 0.1) is 13.8 Å². The van der Waals surface area contributed by atoms with Gasteiger partial charge >= 0.3 is 5.97 Å². The van der Waals surface area contributed by atoms with E-state index in [-0.39, 0.29) is 0 Å². The molecular formula is C16H17N3O2. The van der Waals surface area contributed by atoms with Crippen molar-refractivity contribution in [1.29, 1.82) is 0 Å². The number of carbonyl (C=O) groups is 1. The summed E-state index contributed by atoms with van der Waals surface area (Å²) in [6.45, 7) is 5.42. The maximum Gasteiger partial charge on any atom is 0.335 e. The number of rotatable bonds is 2. The van der Waals surface area contributed by atoms with E-state index >= 15 is 0 Å². The molecule has 0 saturated carbocycles. The van der Waals surface area contributed by atoms with Gasteiger partial charge in [-0.1, -0.05) is 6.07 Å². The Morgan fingerprint density at radius 3 is 2.52 bits per heavy atom. The minimum Gasteiger partial charge on any atom is -0.478 e. The first kappa shape index (κ1) is 13.5. The number of aromatic nitrogens is 2. The zero-order chi connectivity index (χ0) is 15.0. The van der Waals surface area contributed by atoms with E-state index < -0.39 is 5.97 Å². The number of aromatic carboxylic acids is 1. The fourth-order valence-electron chi connectivity index (χ4n) is 2.71. The Bertz CT molecular complexity index is 692. The van der Waals surface area contributed by atoms with Crippen LogP contribution in [-0.2, 0) is 13.0 Å². The predicted molar refractivity (Wildman–Crippen MR) is 79.7 cm³/mol. The zero-order valence-corrected chi connectivity index (χ0v) is 12.1. The average Bonchev–Trinajstić information content (AvgIpc) is 2.45. The second-order valence-corrected chi connectivity index (χ2v) is 5.41. The fraction of sp³-hybridized carbons (Fsp3) is 0.312. The molecule has 21 heavy (non-hydrogen) atoms. The zero-order valence-electron chi connectivity index (χ0n) is 12.1. The van der Waals surface area contributed by atoms with Gasteiger partial charge in [0.25, 0.3) is 0 Å². The largest absolute Gasteiger partial charge is 0.478 e. The van der Waals surface area contributed by atoms with Crippen LogP contribution in [0.15, 0.2) is 24.3 Å². The highest BCUT2D eigenvalue weighted by Gasteiger charge is 2.20. The normalized spacial score (nSPS) is 13.9. The third kappa shape index (κ3) is 2.72. The topological polar surface area (TPSA) is 66.3 Å². The van der Waals surface area contributed by atoms with Crippen LogP contribution in [0.4, 0.5) is 5.95 Å². The van der Waals surface area contributed by atoms with Crippen molar-refractivity contribution in [3.8, 4) is 0 Å². The number of anilines is 1. The molecule has 108 valence electrons. The number of fused-ring (bicyclic) bond motifs is 1. The molecule has 5 heteroatoms. The maximum atomic E-state index is 11.1. The van der Waals surface area contributed by atoms with Crippen molar-refractivity contribution in [3.05, 3.63) is 52.3 Å². The average molecular weight is 283 g/mol. The monoisotopic (exact) mass is 283 g/mol. The predicted octanol–water partition coefficient (Wildman–Crippen LogP) is 2.35. The molecule has 1 aliphatic rings. The van der Waals surface area contributed by atoms with Crippen LogP contribution < -0.4 is 4.90 Å². The van der Waals surface area contributed by atoms with E-state index in [2.05, 4.69) is 14.9 Å². The maximum absolute atomic E-state index is 11.1. The quantitative estimate of drug-likeness (QED) is 0.916. The van der Waals surface area contributed by atoms with Gasteiger partial charge in [0.05, 0.1) is 5.56 Å². The number of aryl methyl sites for hydroxylation is 2. The highest BCUT2D eigenvalue weighted by molar-refractivity contribution is 5.88. The Balaban J connectivity index is 1.92. The van der Waals surface area contributed by atoms with Gasteiger partial charge in [-0.2, -0.15) is 0 Å². The summed E-state index contributed by atoms with van der Waals surface area (Å²) in [4.78, 5) is 22.2. The lowest BCUT2D eigenvalue weighted by Crippen LogP contribution is -2.32. The minimum atomic E-state index is -0.891. The number of carboxylic acids is 1. The van der Waals surface area contributed by atoms with E-state index in [1.54, 1.807) is 12.1 Å². The molecule has 2 aromatic rings. The molecule has 0 fully saturated rings. The first-order valence-corrected chi connectivity index (χ1v) is 6.95. The van der Waals surface area contributed by atoms with E-state index in [0.29, 0.717) is 12.1 Å². The summed E-state index contributed by atoms with van der Waals surface area (Å²) in [5, 5.41) is 9.10. The highest BCUT2D eigenvalue weighted by Crippen LogP contribution is 2.23. The Hall–Kier alpha value is -2.43. The van der Waals surface area contributed by atoms with Gasteiger partial charge in [0.15, 0.2) is 0 Å². The summed E-state index contributed by atoms with van der Waals surface area (Å²) in [6.07, 6.45) is 0.881. The van der Waals surface area contributed by atoms with Gasteiger partial charge in [0.1, 0.15) is 0 Å². The van der Waals surface area contributed by atoms with Crippen molar-refractivity contribution in [1.82, 2.24) is 9.97 Å². The van der Waals surface area contributed by atoms with E-state index in [0.717, 1.165) is 35.9 Å². The van der Waals surface area contributed by atoms with Gasteiger partial charge in [0, 0.05) is 24.5 Å². The van der Waals surface area contributed by atoms with Crippen molar-refractivity contribution in [3.63, 3.8) is 0 Å². The Kier molecular flexibility index (Phi) is 3.33. The van der Waals surface area contributed by atoms with Gasteiger partial charge in [-0.05, 0) is 49.6 Å². The standard InChI is InChI=1S/C16H17N3O2/c1-10-7-11(2)18-16(17-10)19-6-5-12-3-4-13(15(20)21)8-14(12)9-19/h3-4,7-8H,5-6,9H2,1-2H3,(H,20,21). The Morgan fingerprint density at radius 1 is 1.14 bits per heavy atom. The molecule has 5 nitrogen and oxygen atoms in total. The summed E-state index contributed by atoms with van der Waals surface area (Å²) in [6, 6.07) is 7.29. The molecule has 0 aliphatic carbocycles. The van der Waals surface area contributed by atoms with Gasteiger partial charge in [-0.25, -0.2) is 14.8 Å². The molecule has 0 saturated heterocycles. The summed E-state index contributed by atoms with van der Waals surface area (Å²) >= 11 is 0. The van der Waals surface area contributed by atoms with Gasteiger partial charge in [-0.3, -0.25) is 0 Å². The summed E-state index contributed by atoms with van der Waals surface area (Å²) in [5.41, 5.74) is 4.48. The number of hydrogen-bond acceptors (Lipinski definition) is 4. The lowest BCUT2D eigenvalue weighted by Gasteiger charge is -2.29. The van der Waals surface area contributed by atoms with Crippen molar-refractivity contribution in [2.45, 2.75) is 26.8 Å². The van der Waals surface area contributed by atoms with E-state index in [4.69, 9.17) is 5.11 Å². The molecule has 1 aliphatic heterocycles. The van der Waals surface area contributed by atoms with Crippen molar-refractivity contribution in [2.24, 2.45) is 0 Å². The molecular weight excluding hydrogens is 266 g/mol. The van der Waals surface area contributed by atoms with Crippen molar-refractivity contribution in [2.75, 3.05) is 11.4 Å². The number of carboxylic acid groups (broad SMARTS) is 1. The van der Waals surface area contributed by atoms with Crippen LogP contribution >= 0.6 is 0 Å². The first-order valence-electron chi connectivity index (χ1n) is 6.95.